The molecule has 1 aliphatic rings. The maximum atomic E-state index is 13.6. The summed E-state index contributed by atoms with van der Waals surface area (Å²) in [5.41, 5.74) is 6.85. The normalized spacial score (nSPS) is 18.5. The van der Waals surface area contributed by atoms with Gasteiger partial charge in [0, 0.05) is 18.6 Å². The fraction of sp³-hybridized carbons (Fsp3) is 0.571. The van der Waals surface area contributed by atoms with Gasteiger partial charge < -0.3 is 5.73 Å². The van der Waals surface area contributed by atoms with Crippen LogP contribution in [0.25, 0.3) is 0 Å². The molecule has 18 heavy (non-hydrogen) atoms. The third-order valence-electron chi connectivity index (χ3n) is 3.94. The van der Waals surface area contributed by atoms with E-state index in [2.05, 4.69) is 27.9 Å². The first-order valence-corrected chi connectivity index (χ1v) is 7.29. The zero-order valence-corrected chi connectivity index (χ0v) is 12.3. The zero-order chi connectivity index (χ0) is 13.1. The summed E-state index contributed by atoms with van der Waals surface area (Å²) in [6.07, 6.45) is 5.04. The highest BCUT2D eigenvalue weighted by Crippen LogP contribution is 2.30. The smallest absolute Gasteiger partial charge is 0.137 e. The van der Waals surface area contributed by atoms with Crippen molar-refractivity contribution < 1.29 is 4.39 Å². The molecule has 4 heteroatoms. The summed E-state index contributed by atoms with van der Waals surface area (Å²) in [6.45, 7) is 0.522. The standard InChI is InChI=1S/C14H20BrFN2/c1-18(11-4-2-3-5-11)14(9-17)10-6-7-12(15)13(16)8-10/h6-8,11,14H,2-5,9,17H2,1H3. The minimum absolute atomic E-state index is 0.107. The Hall–Kier alpha value is -0.450. The van der Waals surface area contributed by atoms with Crippen molar-refractivity contribution in [3.05, 3.63) is 34.1 Å². The topological polar surface area (TPSA) is 29.3 Å². The molecule has 100 valence electrons. The lowest BCUT2D eigenvalue weighted by atomic mass is 10.0. The number of likely N-dealkylation sites (N-methyl/N-ethyl adjacent to an activating group) is 1. The second-order valence-electron chi connectivity index (χ2n) is 5.03. The van der Waals surface area contributed by atoms with Crippen LogP contribution in [0.4, 0.5) is 4.39 Å². The van der Waals surface area contributed by atoms with Crippen molar-refractivity contribution in [1.29, 1.82) is 0 Å². The molecule has 1 unspecified atom stereocenters. The lowest BCUT2D eigenvalue weighted by molar-refractivity contribution is 0.179. The average Bonchev–Trinajstić information content (AvgIpc) is 2.88. The Morgan fingerprint density at radius 1 is 1.44 bits per heavy atom. The quantitative estimate of drug-likeness (QED) is 0.922. The van der Waals surface area contributed by atoms with Gasteiger partial charge in [0.05, 0.1) is 4.47 Å². The van der Waals surface area contributed by atoms with E-state index in [9.17, 15) is 4.39 Å². The molecule has 0 spiro atoms. The first-order chi connectivity index (χ1) is 8.63. The van der Waals surface area contributed by atoms with Crippen LogP contribution in [0.2, 0.25) is 0 Å². The van der Waals surface area contributed by atoms with E-state index in [0.717, 1.165) is 5.56 Å². The number of rotatable bonds is 4. The number of nitrogens with two attached hydrogens (primary N) is 1. The van der Waals surface area contributed by atoms with Crippen LogP contribution in [0.3, 0.4) is 0 Å². The molecular formula is C14H20BrFN2. The van der Waals surface area contributed by atoms with Gasteiger partial charge in [-0.25, -0.2) is 4.39 Å². The van der Waals surface area contributed by atoms with E-state index in [0.29, 0.717) is 17.1 Å². The molecule has 0 saturated heterocycles. The summed E-state index contributed by atoms with van der Waals surface area (Å²) in [6, 6.07) is 6.00. The SMILES string of the molecule is CN(C1CCCC1)C(CN)c1ccc(Br)c(F)c1. The summed E-state index contributed by atoms with van der Waals surface area (Å²) in [5.74, 6) is -0.217. The molecule has 1 fully saturated rings. The summed E-state index contributed by atoms with van der Waals surface area (Å²) in [7, 11) is 2.10. The minimum atomic E-state index is -0.217. The van der Waals surface area contributed by atoms with Gasteiger partial charge in [-0.15, -0.1) is 0 Å². The largest absolute Gasteiger partial charge is 0.329 e. The van der Waals surface area contributed by atoms with Gasteiger partial charge in [-0.05, 0) is 53.5 Å². The molecule has 0 bridgehead atoms. The lowest BCUT2D eigenvalue weighted by Crippen LogP contribution is -2.37. The Morgan fingerprint density at radius 2 is 2.11 bits per heavy atom. The average molecular weight is 315 g/mol. The molecule has 1 aliphatic carbocycles. The van der Waals surface area contributed by atoms with Crippen LogP contribution in [0.1, 0.15) is 37.3 Å². The van der Waals surface area contributed by atoms with E-state index in [1.54, 1.807) is 12.1 Å². The molecule has 1 saturated carbocycles. The van der Waals surface area contributed by atoms with Crippen molar-refractivity contribution in [2.24, 2.45) is 5.73 Å². The van der Waals surface area contributed by atoms with Gasteiger partial charge in [0.2, 0.25) is 0 Å². The number of nitrogens with zero attached hydrogens (tertiary/aromatic N) is 1. The molecule has 1 aromatic carbocycles. The number of hydrogen-bond acceptors (Lipinski definition) is 2. The van der Waals surface area contributed by atoms with E-state index in [4.69, 9.17) is 5.73 Å². The maximum absolute atomic E-state index is 13.6. The molecule has 2 rings (SSSR count). The fourth-order valence-electron chi connectivity index (χ4n) is 2.82. The third-order valence-corrected chi connectivity index (χ3v) is 4.59. The second-order valence-corrected chi connectivity index (χ2v) is 5.88. The van der Waals surface area contributed by atoms with Crippen LogP contribution in [0.5, 0.6) is 0 Å². The Balaban J connectivity index is 2.18. The zero-order valence-electron chi connectivity index (χ0n) is 10.7. The van der Waals surface area contributed by atoms with Crippen LogP contribution in [0, 0.1) is 5.82 Å². The van der Waals surface area contributed by atoms with Crippen LogP contribution in [0.15, 0.2) is 22.7 Å². The molecule has 0 aromatic heterocycles. The van der Waals surface area contributed by atoms with Crippen LogP contribution < -0.4 is 5.73 Å². The molecular weight excluding hydrogens is 295 g/mol. The summed E-state index contributed by atoms with van der Waals surface area (Å²) < 4.78 is 14.1. The van der Waals surface area contributed by atoms with E-state index < -0.39 is 0 Å². The van der Waals surface area contributed by atoms with Gasteiger partial charge in [-0.1, -0.05) is 18.9 Å². The van der Waals surface area contributed by atoms with Crippen molar-refractivity contribution in [3.8, 4) is 0 Å². The Bertz CT molecular complexity index is 405. The Labute approximate surface area is 116 Å². The van der Waals surface area contributed by atoms with Gasteiger partial charge >= 0.3 is 0 Å². The van der Waals surface area contributed by atoms with Crippen molar-refractivity contribution >= 4 is 15.9 Å². The molecule has 1 atom stereocenters. The van der Waals surface area contributed by atoms with Gasteiger partial charge in [-0.3, -0.25) is 4.90 Å². The molecule has 0 amide bonds. The molecule has 1 aromatic rings. The number of halogens is 2. The van der Waals surface area contributed by atoms with E-state index in [-0.39, 0.29) is 11.9 Å². The summed E-state index contributed by atoms with van der Waals surface area (Å²) in [5, 5.41) is 0. The predicted octanol–water partition coefficient (Wildman–Crippen LogP) is 3.46. The van der Waals surface area contributed by atoms with Crippen LogP contribution in [-0.2, 0) is 0 Å². The van der Waals surface area contributed by atoms with E-state index in [1.165, 1.54) is 25.7 Å². The first kappa shape index (κ1) is 14.0. The first-order valence-electron chi connectivity index (χ1n) is 6.50. The Morgan fingerprint density at radius 3 is 2.67 bits per heavy atom. The van der Waals surface area contributed by atoms with E-state index >= 15 is 0 Å². The van der Waals surface area contributed by atoms with Crippen LogP contribution >= 0.6 is 15.9 Å². The molecule has 2 nitrogen and oxygen atoms in total. The minimum Gasteiger partial charge on any atom is -0.329 e. The van der Waals surface area contributed by atoms with Crippen molar-refractivity contribution in [2.75, 3.05) is 13.6 Å². The fourth-order valence-corrected chi connectivity index (χ4v) is 3.07. The maximum Gasteiger partial charge on any atom is 0.137 e. The van der Waals surface area contributed by atoms with Gasteiger partial charge in [-0.2, -0.15) is 0 Å². The predicted molar refractivity (Wildman–Crippen MR) is 75.9 cm³/mol. The van der Waals surface area contributed by atoms with Gasteiger partial charge in [0.15, 0.2) is 0 Å². The molecule has 0 radical (unpaired) electrons. The highest BCUT2D eigenvalue weighted by molar-refractivity contribution is 9.10. The Kier molecular flexibility index (Phi) is 4.76. The molecule has 0 aliphatic heterocycles. The lowest BCUT2D eigenvalue weighted by Gasteiger charge is -2.32. The van der Waals surface area contributed by atoms with Gasteiger partial charge in [0.25, 0.3) is 0 Å². The number of hydrogen-bond donors (Lipinski definition) is 1. The molecule has 2 N–H and O–H groups in total. The van der Waals surface area contributed by atoms with E-state index in [1.807, 2.05) is 6.07 Å². The van der Waals surface area contributed by atoms with Gasteiger partial charge in [0.1, 0.15) is 5.82 Å². The van der Waals surface area contributed by atoms with Crippen molar-refractivity contribution in [1.82, 2.24) is 4.90 Å². The van der Waals surface area contributed by atoms with Crippen molar-refractivity contribution in [3.63, 3.8) is 0 Å². The second kappa shape index (κ2) is 6.13. The monoisotopic (exact) mass is 314 g/mol. The highest BCUT2D eigenvalue weighted by Gasteiger charge is 2.26. The van der Waals surface area contributed by atoms with Crippen molar-refractivity contribution in [2.45, 2.75) is 37.8 Å². The highest BCUT2D eigenvalue weighted by atomic mass is 79.9. The summed E-state index contributed by atoms with van der Waals surface area (Å²) in [4.78, 5) is 2.32. The van der Waals surface area contributed by atoms with Crippen LogP contribution in [-0.4, -0.2) is 24.5 Å². The summed E-state index contributed by atoms with van der Waals surface area (Å²) >= 11 is 3.18. The number of benzene rings is 1. The third kappa shape index (κ3) is 2.92. The molecule has 0 heterocycles.